The Labute approximate surface area is 203 Å². The summed E-state index contributed by atoms with van der Waals surface area (Å²) in [5.41, 5.74) is 0.0668. The molecule has 4 rings (SSSR count). The van der Waals surface area contributed by atoms with Crippen molar-refractivity contribution in [3.8, 4) is 5.75 Å². The van der Waals surface area contributed by atoms with E-state index in [0.717, 1.165) is 13.2 Å². The van der Waals surface area contributed by atoms with Gasteiger partial charge in [0.1, 0.15) is 22.8 Å². The van der Waals surface area contributed by atoms with Gasteiger partial charge in [0.2, 0.25) is 5.78 Å². The lowest BCUT2D eigenvalue weighted by Gasteiger charge is -2.50. The number of ether oxygens (including phenoxy) is 1. The third-order valence-electron chi connectivity index (χ3n) is 7.08. The second-order valence-electron chi connectivity index (χ2n) is 9.20. The summed E-state index contributed by atoms with van der Waals surface area (Å²) in [6, 6.07) is -0.183. The molecule has 0 saturated heterocycles. The molecule has 4 atom stereocenters. The molecule has 1 aromatic rings. The molecule has 192 valence electrons. The molecule has 3 aliphatic carbocycles. The maximum atomic E-state index is 14.7. The number of anilines is 1. The number of ketones is 2. The lowest BCUT2D eigenvalue weighted by Crippen LogP contribution is -2.63. The lowest BCUT2D eigenvalue weighted by atomic mass is 9.58. The number of hydrogen-bond donors (Lipinski definition) is 6. The van der Waals surface area contributed by atoms with Crippen molar-refractivity contribution in [2.45, 2.75) is 24.5 Å². The third kappa shape index (κ3) is 3.27. The van der Waals surface area contributed by atoms with Crippen molar-refractivity contribution in [2.24, 2.45) is 17.6 Å². The van der Waals surface area contributed by atoms with Crippen LogP contribution in [0.2, 0.25) is 0 Å². The zero-order chi connectivity index (χ0) is 26.9. The smallest absolute Gasteiger partial charge is 0.411 e. The summed E-state index contributed by atoms with van der Waals surface area (Å²) in [6.07, 6.45) is -1.33. The summed E-state index contributed by atoms with van der Waals surface area (Å²) >= 11 is 0. The van der Waals surface area contributed by atoms with Gasteiger partial charge in [-0.2, -0.15) is 0 Å². The average Bonchev–Trinajstić information content (AvgIpc) is 2.78. The van der Waals surface area contributed by atoms with E-state index >= 15 is 0 Å². The Hall–Kier alpha value is -3.97. The maximum absolute atomic E-state index is 14.7. The first kappa shape index (κ1) is 25.1. The summed E-state index contributed by atoms with van der Waals surface area (Å²) in [5, 5.41) is 46.0. The fraction of sp³-hybridized carbons (Fsp3) is 0.391. The number of nitrogens with two attached hydrogens (primary N) is 1. The number of aliphatic hydroxyl groups excluding tert-OH is 2. The molecule has 0 aliphatic heterocycles. The summed E-state index contributed by atoms with van der Waals surface area (Å²) in [4.78, 5) is 51.7. The number of likely N-dealkylation sites (N-methyl/N-ethyl adjacent to an activating group) is 1. The van der Waals surface area contributed by atoms with Crippen LogP contribution in [-0.4, -0.2) is 81.7 Å². The van der Waals surface area contributed by atoms with E-state index in [1.54, 1.807) is 0 Å². The van der Waals surface area contributed by atoms with Gasteiger partial charge in [0.05, 0.1) is 18.7 Å². The number of allylic oxidation sites excluding steroid dienone is 1. The fourth-order valence-corrected chi connectivity index (χ4v) is 5.54. The number of methoxy groups -OCH3 is 1. The number of rotatable bonds is 3. The Balaban J connectivity index is 1.93. The molecular weight excluding hydrogens is 481 g/mol. The molecule has 7 N–H and O–H groups in total. The normalized spacial score (nSPS) is 27.4. The Morgan fingerprint density at radius 2 is 1.89 bits per heavy atom. The SMILES string of the molecule is COC(=O)Nc1c(F)cc2c(c1O)C(=O)C1=C(O)C3(O)C(=O)C(C(N)=O)=C(O)C(N(C)C)C3CC1C2. The topological polar surface area (TPSA) is 200 Å². The minimum Gasteiger partial charge on any atom is -0.510 e. The van der Waals surface area contributed by atoms with Crippen molar-refractivity contribution in [3.05, 3.63) is 45.7 Å². The first-order valence-electron chi connectivity index (χ1n) is 10.8. The van der Waals surface area contributed by atoms with Gasteiger partial charge in [0.15, 0.2) is 23.0 Å². The second kappa shape index (κ2) is 8.31. The van der Waals surface area contributed by atoms with Gasteiger partial charge < -0.3 is 30.9 Å². The predicted octanol–water partition coefficient (Wildman–Crippen LogP) is 0.438. The number of hydrogen-bond acceptors (Lipinski definition) is 10. The Morgan fingerprint density at radius 1 is 1.25 bits per heavy atom. The number of amides is 2. The minimum absolute atomic E-state index is 0.0681. The number of aliphatic hydroxyl groups is 3. The van der Waals surface area contributed by atoms with Gasteiger partial charge in [-0.1, -0.05) is 0 Å². The third-order valence-corrected chi connectivity index (χ3v) is 7.08. The molecule has 0 saturated carbocycles. The van der Waals surface area contributed by atoms with Gasteiger partial charge in [-0.3, -0.25) is 24.6 Å². The van der Waals surface area contributed by atoms with Crippen LogP contribution in [0, 0.1) is 17.7 Å². The Kier molecular flexibility index (Phi) is 5.80. The van der Waals surface area contributed by atoms with E-state index in [0.29, 0.717) is 0 Å². The predicted molar refractivity (Wildman–Crippen MR) is 120 cm³/mol. The summed E-state index contributed by atoms with van der Waals surface area (Å²) in [7, 11) is 4.03. The van der Waals surface area contributed by atoms with E-state index in [9.17, 15) is 44.0 Å². The minimum atomic E-state index is -2.78. The number of phenolic OH excluding ortho intramolecular Hbond substituents is 1. The van der Waals surface area contributed by atoms with E-state index in [4.69, 9.17) is 5.73 Å². The maximum Gasteiger partial charge on any atom is 0.411 e. The van der Waals surface area contributed by atoms with E-state index < -0.39 is 92.5 Å². The quantitative estimate of drug-likeness (QED) is 0.247. The molecule has 3 aliphatic rings. The van der Waals surface area contributed by atoms with Crippen LogP contribution < -0.4 is 11.1 Å². The van der Waals surface area contributed by atoms with E-state index in [2.05, 4.69) is 4.74 Å². The molecule has 0 radical (unpaired) electrons. The molecule has 2 amide bonds. The van der Waals surface area contributed by atoms with E-state index in [-0.39, 0.29) is 18.4 Å². The van der Waals surface area contributed by atoms with Gasteiger partial charge in [-0.05, 0) is 44.5 Å². The fourth-order valence-electron chi connectivity index (χ4n) is 5.54. The van der Waals surface area contributed by atoms with Gasteiger partial charge >= 0.3 is 6.09 Å². The number of nitrogens with zero attached hydrogens (tertiary/aromatic N) is 1. The highest BCUT2D eigenvalue weighted by atomic mass is 19.1. The first-order valence-corrected chi connectivity index (χ1v) is 10.8. The van der Waals surface area contributed by atoms with Crippen molar-refractivity contribution < 1.29 is 48.7 Å². The molecule has 0 spiro atoms. The van der Waals surface area contributed by atoms with Crippen LogP contribution >= 0.6 is 0 Å². The molecule has 0 aromatic heterocycles. The lowest BCUT2D eigenvalue weighted by molar-refractivity contribution is -0.148. The highest BCUT2D eigenvalue weighted by Gasteiger charge is 2.63. The largest absolute Gasteiger partial charge is 0.510 e. The van der Waals surface area contributed by atoms with Crippen molar-refractivity contribution in [1.29, 1.82) is 0 Å². The number of phenols is 1. The van der Waals surface area contributed by atoms with Crippen LogP contribution in [-0.2, 0) is 20.7 Å². The Bertz CT molecular complexity index is 1300. The number of carbonyl (C=O) groups excluding carboxylic acids is 4. The number of halogens is 1. The number of carbonyl (C=O) groups is 4. The number of benzene rings is 1. The average molecular weight is 505 g/mol. The zero-order valence-corrected chi connectivity index (χ0v) is 19.5. The molecule has 36 heavy (non-hydrogen) atoms. The second-order valence-corrected chi connectivity index (χ2v) is 9.20. The van der Waals surface area contributed by atoms with Gasteiger partial charge in [-0.15, -0.1) is 0 Å². The van der Waals surface area contributed by atoms with Crippen LogP contribution in [0.15, 0.2) is 28.7 Å². The summed E-state index contributed by atoms with van der Waals surface area (Å²) in [5.74, 6) is -9.44. The molecule has 4 unspecified atom stereocenters. The monoisotopic (exact) mass is 505 g/mol. The van der Waals surface area contributed by atoms with Crippen LogP contribution in [0.1, 0.15) is 22.3 Å². The molecule has 13 heteroatoms. The number of Topliss-reactive ketones (excluding diaryl/α,β-unsaturated/α-hetero) is 2. The number of aromatic hydroxyl groups is 1. The van der Waals surface area contributed by atoms with Crippen LogP contribution in [0.3, 0.4) is 0 Å². The molecule has 12 nitrogen and oxygen atoms in total. The van der Waals surface area contributed by atoms with Crippen molar-refractivity contribution in [3.63, 3.8) is 0 Å². The Morgan fingerprint density at radius 3 is 2.44 bits per heavy atom. The van der Waals surface area contributed by atoms with Gasteiger partial charge in [0, 0.05) is 11.5 Å². The highest BCUT2D eigenvalue weighted by Crippen LogP contribution is 2.52. The van der Waals surface area contributed by atoms with Crippen LogP contribution in [0.4, 0.5) is 14.9 Å². The van der Waals surface area contributed by atoms with Crippen LogP contribution in [0.5, 0.6) is 5.75 Å². The standard InChI is InChI=1S/C23H24FN3O9/c1-27(2)15-9-5-7-4-8-6-10(24)14(26-22(34)36-3)17(29)11(8)16(28)12(7)19(31)23(9,35)20(32)13(18(15)30)21(25)33/h6-7,9,15,29-31,35H,4-5H2,1-3H3,(H2,25,33)(H,26,34). The number of nitrogens with one attached hydrogen (secondary N) is 1. The number of fused-ring (bicyclic) bond motifs is 3. The molecular formula is C23H24FN3O9. The molecule has 0 fully saturated rings. The van der Waals surface area contributed by atoms with Gasteiger partial charge in [0.25, 0.3) is 5.91 Å². The van der Waals surface area contributed by atoms with Crippen molar-refractivity contribution in [2.75, 3.05) is 26.5 Å². The van der Waals surface area contributed by atoms with Crippen molar-refractivity contribution >= 4 is 29.3 Å². The molecule has 0 heterocycles. The van der Waals surface area contributed by atoms with Gasteiger partial charge in [-0.25, -0.2) is 9.18 Å². The highest BCUT2D eigenvalue weighted by molar-refractivity contribution is 6.25. The van der Waals surface area contributed by atoms with Crippen molar-refractivity contribution in [1.82, 2.24) is 4.90 Å². The van der Waals surface area contributed by atoms with E-state index in [1.165, 1.54) is 19.0 Å². The molecule has 0 bridgehead atoms. The number of primary amides is 1. The summed E-state index contributed by atoms with van der Waals surface area (Å²) < 4.78 is 19.1. The molecule has 1 aromatic carbocycles. The van der Waals surface area contributed by atoms with Crippen LogP contribution in [0.25, 0.3) is 0 Å². The first-order chi connectivity index (χ1) is 16.8. The zero-order valence-electron chi connectivity index (χ0n) is 19.5. The summed E-state index contributed by atoms with van der Waals surface area (Å²) in [6.45, 7) is 0. The van der Waals surface area contributed by atoms with E-state index in [1.807, 2.05) is 5.32 Å².